The van der Waals surface area contributed by atoms with Gasteiger partial charge >= 0.3 is 5.69 Å². The number of hydrogen-bond donors (Lipinski definition) is 3. The smallest absolute Gasteiger partial charge is 0.329 e. The minimum Gasteiger partial charge on any atom is -0.378 e. The summed E-state index contributed by atoms with van der Waals surface area (Å²) in [5, 5.41) is 16.3. The van der Waals surface area contributed by atoms with Crippen LogP contribution >= 0.6 is 0 Å². The molecule has 8 rings (SSSR count). The van der Waals surface area contributed by atoms with Crippen LogP contribution in [0.15, 0.2) is 47.7 Å². The van der Waals surface area contributed by atoms with E-state index in [2.05, 4.69) is 36.0 Å². The first-order valence-electron chi connectivity index (χ1n) is 20.1. The summed E-state index contributed by atoms with van der Waals surface area (Å²) >= 11 is 0. The fourth-order valence-corrected chi connectivity index (χ4v) is 8.89. The number of imide groups is 1. The number of fused-ring (bicyclic) bond motifs is 2. The molecule has 3 N–H and O–H groups in total. The lowest BCUT2D eigenvalue weighted by molar-refractivity contribution is -0.135. The van der Waals surface area contributed by atoms with Crippen LogP contribution in [0, 0.1) is 5.92 Å². The number of nitrogens with one attached hydrogen (secondary N) is 3. The molecule has 5 aromatic rings. The van der Waals surface area contributed by atoms with Crippen molar-refractivity contribution in [2.75, 3.05) is 43.9 Å². The minimum atomic E-state index is -2.85. The molecule has 2 aliphatic heterocycles. The van der Waals surface area contributed by atoms with E-state index in [9.17, 15) is 28.0 Å². The Kier molecular flexibility index (Phi) is 11.4. The Labute approximate surface area is 332 Å². The molecule has 3 fully saturated rings. The largest absolute Gasteiger partial charge is 0.378 e. The second kappa shape index (κ2) is 16.8. The Balaban J connectivity index is 0.785. The summed E-state index contributed by atoms with van der Waals surface area (Å²) in [6.07, 6.45) is 9.37. The maximum absolute atomic E-state index is 14.1. The first-order valence-corrected chi connectivity index (χ1v) is 20.1. The number of hydrogen-bond acceptors (Lipinski definition) is 10. The molecule has 6 heterocycles. The van der Waals surface area contributed by atoms with Crippen LogP contribution in [0.5, 0.6) is 0 Å². The van der Waals surface area contributed by atoms with Gasteiger partial charge in [-0.3, -0.25) is 33.5 Å². The van der Waals surface area contributed by atoms with Crippen molar-refractivity contribution < 1.29 is 27.9 Å². The number of rotatable bonds is 13. The van der Waals surface area contributed by atoms with Crippen molar-refractivity contribution in [1.29, 1.82) is 0 Å². The normalized spacial score (nSPS) is 20.9. The Morgan fingerprint density at radius 3 is 2.59 bits per heavy atom. The number of carbonyl (C=O) groups excluding carboxylic acids is 3. The zero-order valence-electron chi connectivity index (χ0n) is 32.7. The number of para-hydroxylation sites is 1. The van der Waals surface area contributed by atoms with Crippen molar-refractivity contribution >= 4 is 45.9 Å². The number of alkyl halides is 2. The Morgan fingerprint density at radius 1 is 1.05 bits per heavy atom. The first-order chi connectivity index (χ1) is 28.1. The Bertz CT molecular complexity index is 2370. The van der Waals surface area contributed by atoms with Crippen molar-refractivity contribution in [2.24, 2.45) is 13.0 Å². The molecule has 16 nitrogen and oxygen atoms in total. The van der Waals surface area contributed by atoms with Crippen LogP contribution in [0.4, 0.5) is 20.3 Å². The molecule has 308 valence electrons. The highest BCUT2D eigenvalue weighted by molar-refractivity contribution is 6.08. The van der Waals surface area contributed by atoms with Gasteiger partial charge in [0.1, 0.15) is 17.4 Å². The number of halogens is 2. The summed E-state index contributed by atoms with van der Waals surface area (Å²) in [5.41, 5.74) is 2.26. The Morgan fingerprint density at radius 2 is 1.84 bits per heavy atom. The maximum Gasteiger partial charge on any atom is 0.329 e. The molecule has 2 saturated heterocycles. The van der Waals surface area contributed by atoms with Gasteiger partial charge in [0.25, 0.3) is 12.3 Å². The topological polar surface area (TPSA) is 175 Å². The van der Waals surface area contributed by atoms with Crippen LogP contribution in [0.1, 0.15) is 97.9 Å². The molecule has 0 spiro atoms. The summed E-state index contributed by atoms with van der Waals surface area (Å²) in [5.74, 6) is -0.286. The van der Waals surface area contributed by atoms with Crippen LogP contribution in [-0.2, 0) is 27.8 Å². The van der Waals surface area contributed by atoms with Gasteiger partial charge in [-0.05, 0) is 81.4 Å². The summed E-state index contributed by atoms with van der Waals surface area (Å²) in [6.45, 7) is 3.51. The van der Waals surface area contributed by atoms with Gasteiger partial charge in [0.05, 0.1) is 35.1 Å². The molecule has 1 aromatic carbocycles. The number of aryl methyl sites for hydroxylation is 2. The number of carbonyl (C=O) groups is 3. The van der Waals surface area contributed by atoms with Crippen LogP contribution in [0.25, 0.3) is 16.7 Å². The van der Waals surface area contributed by atoms with E-state index in [1.165, 1.54) is 21.5 Å². The number of ether oxygens (including phenoxy) is 1. The number of imidazole rings is 1. The number of likely N-dealkylation sites (tertiary alicyclic amines) is 1. The molecule has 58 heavy (non-hydrogen) atoms. The van der Waals surface area contributed by atoms with Gasteiger partial charge in [0, 0.05) is 59.2 Å². The van der Waals surface area contributed by atoms with Crippen molar-refractivity contribution in [3.05, 3.63) is 70.2 Å². The highest BCUT2D eigenvalue weighted by Crippen LogP contribution is 2.36. The highest BCUT2D eigenvalue weighted by atomic mass is 19.3. The summed E-state index contributed by atoms with van der Waals surface area (Å²) < 4.78 is 40.7. The molecule has 3 aliphatic rings. The van der Waals surface area contributed by atoms with Gasteiger partial charge in [0.2, 0.25) is 11.8 Å². The number of aromatic nitrogens is 7. The van der Waals surface area contributed by atoms with Crippen molar-refractivity contribution in [3.63, 3.8) is 0 Å². The second-order valence-corrected chi connectivity index (χ2v) is 15.7. The van der Waals surface area contributed by atoms with E-state index < -0.39 is 30.0 Å². The van der Waals surface area contributed by atoms with E-state index >= 15 is 0 Å². The number of nitrogens with zero attached hydrogens (tertiary/aromatic N) is 8. The standard InChI is InChI=1S/C40H49F2N11O5/c1-43-32-16-19-51-37(46-32)28(21-44-51)38(55)45-29-23-52(48-34(29)36(41)42)26-10-8-24(9-11-26)22-50-17-14-27(15-18-50)58-20-4-6-25-5-3-7-30-35(25)49(2)40(57)53(30)31-12-13-33(54)47-39(31)56/h3,5,7,16,19,21,23-24,26-27,31,36H,4,6,8-15,17-18,20,22H2,1-2H3,(H,43,46)(H,45,55)(H,47,54,56)/t24-,26-,31?. The summed E-state index contributed by atoms with van der Waals surface area (Å²) in [4.78, 5) is 57.6. The fourth-order valence-electron chi connectivity index (χ4n) is 8.89. The van der Waals surface area contributed by atoms with Gasteiger partial charge in [0.15, 0.2) is 11.3 Å². The zero-order valence-corrected chi connectivity index (χ0v) is 32.7. The lowest BCUT2D eigenvalue weighted by Crippen LogP contribution is -2.44. The molecule has 3 amide bonds. The van der Waals surface area contributed by atoms with Gasteiger partial charge in [-0.1, -0.05) is 12.1 Å². The molecule has 1 atom stereocenters. The van der Waals surface area contributed by atoms with Crippen LogP contribution < -0.4 is 21.6 Å². The van der Waals surface area contributed by atoms with Gasteiger partial charge in [-0.25, -0.2) is 23.1 Å². The number of anilines is 2. The third kappa shape index (κ3) is 7.99. The van der Waals surface area contributed by atoms with Gasteiger partial charge in [-0.15, -0.1) is 0 Å². The van der Waals surface area contributed by atoms with Crippen molar-refractivity contribution in [1.82, 2.24) is 43.7 Å². The molecule has 1 aliphatic carbocycles. The average Bonchev–Trinajstić information content (AvgIpc) is 3.92. The van der Waals surface area contributed by atoms with E-state index in [-0.39, 0.29) is 41.4 Å². The van der Waals surface area contributed by atoms with E-state index in [1.807, 2.05) is 18.2 Å². The molecule has 0 bridgehead atoms. The molecule has 18 heteroatoms. The molecular weight excluding hydrogens is 753 g/mol. The van der Waals surface area contributed by atoms with E-state index in [4.69, 9.17) is 4.74 Å². The fraction of sp³-hybridized carbons (Fsp3) is 0.525. The highest BCUT2D eigenvalue weighted by Gasteiger charge is 2.32. The van der Waals surface area contributed by atoms with E-state index in [0.29, 0.717) is 35.9 Å². The lowest BCUT2D eigenvalue weighted by Gasteiger charge is -2.36. The second-order valence-electron chi connectivity index (χ2n) is 15.7. The average molecular weight is 802 g/mol. The lowest BCUT2D eigenvalue weighted by atomic mass is 9.85. The van der Waals surface area contributed by atoms with E-state index in [1.54, 1.807) is 35.6 Å². The van der Waals surface area contributed by atoms with Crippen molar-refractivity contribution in [2.45, 2.75) is 88.8 Å². The summed E-state index contributed by atoms with van der Waals surface area (Å²) in [7, 11) is 3.43. The summed E-state index contributed by atoms with van der Waals surface area (Å²) in [6, 6.07) is 6.75. The number of benzene rings is 1. The molecular formula is C40H49F2N11O5. The predicted octanol–water partition coefficient (Wildman–Crippen LogP) is 4.63. The van der Waals surface area contributed by atoms with E-state index in [0.717, 1.165) is 82.1 Å². The zero-order chi connectivity index (χ0) is 40.5. The quantitative estimate of drug-likeness (QED) is 0.113. The van der Waals surface area contributed by atoms with Crippen LogP contribution in [0.2, 0.25) is 0 Å². The Hall–Kier alpha value is -5.49. The van der Waals surface area contributed by atoms with Crippen molar-refractivity contribution in [3.8, 4) is 0 Å². The third-order valence-corrected chi connectivity index (χ3v) is 12.0. The molecule has 4 aromatic heterocycles. The van der Waals surface area contributed by atoms with Gasteiger partial charge in [-0.2, -0.15) is 10.2 Å². The van der Waals surface area contributed by atoms with Gasteiger partial charge < -0.3 is 20.3 Å². The van der Waals surface area contributed by atoms with Crippen LogP contribution in [0.3, 0.4) is 0 Å². The third-order valence-electron chi connectivity index (χ3n) is 12.0. The predicted molar refractivity (Wildman–Crippen MR) is 211 cm³/mol. The SMILES string of the molecule is CNc1ccn2ncc(C(=O)Nc3cn([C@H]4CC[C@H](CN5CCC(OCCCc6cccc7c6n(C)c(=O)n7C6CCC(=O)NC6=O)CC5)CC4)nc3C(F)F)c2n1. The maximum atomic E-state index is 14.1. The van der Waals surface area contributed by atoms with Crippen LogP contribution in [-0.4, -0.2) is 95.5 Å². The number of piperidine rings is 2. The first kappa shape index (κ1) is 39.3. The monoisotopic (exact) mass is 801 g/mol. The number of amides is 3. The molecule has 0 radical (unpaired) electrons. The minimum absolute atomic E-state index is 0.0117. The molecule has 1 saturated carbocycles. The molecule has 1 unspecified atom stereocenters.